The summed E-state index contributed by atoms with van der Waals surface area (Å²) in [4.78, 5) is 26.3. The molecule has 0 bridgehead atoms. The Morgan fingerprint density at radius 3 is 1.92 bits per heavy atom. The minimum Gasteiger partial charge on any atom is -0.508 e. The van der Waals surface area contributed by atoms with Crippen molar-refractivity contribution in [3.05, 3.63) is 113 Å². The fourth-order valence-corrected chi connectivity index (χ4v) is 4.48. The molecule has 0 fully saturated rings. The zero-order chi connectivity index (χ0) is 27.0. The molecule has 38 heavy (non-hydrogen) atoms. The van der Waals surface area contributed by atoms with Crippen LogP contribution in [-0.4, -0.2) is 37.1 Å². The van der Waals surface area contributed by atoms with Gasteiger partial charge in [-0.2, -0.15) is 0 Å². The van der Waals surface area contributed by atoms with E-state index in [0.717, 1.165) is 12.1 Å². The van der Waals surface area contributed by atoms with Gasteiger partial charge in [0.25, 0.3) is 0 Å². The van der Waals surface area contributed by atoms with E-state index >= 15 is 0 Å². The first kappa shape index (κ1) is 24.5. The van der Waals surface area contributed by atoms with E-state index in [9.17, 15) is 35.1 Å². The number of ether oxygens (including phenoxy) is 1. The van der Waals surface area contributed by atoms with Crippen molar-refractivity contribution in [1.29, 1.82) is 0 Å². The molecular formula is C30H22O8. The van der Waals surface area contributed by atoms with Crippen molar-refractivity contribution >= 4 is 17.6 Å². The Bertz CT molecular complexity index is 1590. The Morgan fingerprint density at radius 2 is 1.29 bits per heavy atom. The molecule has 0 spiro atoms. The highest BCUT2D eigenvalue weighted by molar-refractivity contribution is 6.09. The van der Waals surface area contributed by atoms with E-state index in [1.54, 1.807) is 30.3 Å². The molecule has 0 saturated heterocycles. The topological polar surface area (TPSA) is 145 Å². The van der Waals surface area contributed by atoms with Crippen molar-refractivity contribution in [3.63, 3.8) is 0 Å². The Hall–Kier alpha value is -5.24. The molecule has 8 nitrogen and oxygen atoms in total. The average molecular weight is 510 g/mol. The molecule has 1 heterocycles. The van der Waals surface area contributed by atoms with Gasteiger partial charge in [0, 0.05) is 17.7 Å². The number of phenols is 5. The van der Waals surface area contributed by atoms with Crippen molar-refractivity contribution in [2.24, 2.45) is 0 Å². The number of ketones is 2. The molecule has 5 rings (SSSR count). The zero-order valence-electron chi connectivity index (χ0n) is 19.8. The fraction of sp³-hybridized carbons (Fsp3) is 0.0667. The summed E-state index contributed by atoms with van der Waals surface area (Å²) in [6.07, 6.45) is 2.03. The van der Waals surface area contributed by atoms with Crippen molar-refractivity contribution < 1.29 is 39.9 Å². The lowest BCUT2D eigenvalue weighted by Gasteiger charge is -2.19. The van der Waals surface area contributed by atoms with E-state index in [-0.39, 0.29) is 39.9 Å². The van der Waals surface area contributed by atoms with Gasteiger partial charge in [-0.3, -0.25) is 9.59 Å². The van der Waals surface area contributed by atoms with Gasteiger partial charge in [-0.05, 0) is 65.7 Å². The van der Waals surface area contributed by atoms with Crippen LogP contribution < -0.4 is 4.74 Å². The maximum absolute atomic E-state index is 13.7. The predicted octanol–water partition coefficient (Wildman–Crippen LogP) is 5.21. The summed E-state index contributed by atoms with van der Waals surface area (Å²) in [6.45, 7) is 0. The zero-order valence-corrected chi connectivity index (χ0v) is 19.8. The van der Waals surface area contributed by atoms with Crippen LogP contribution in [0.25, 0.3) is 6.08 Å². The van der Waals surface area contributed by atoms with Crippen LogP contribution in [-0.2, 0) is 0 Å². The Balaban J connectivity index is 1.52. The number of fused-ring (bicyclic) bond motifs is 1. The molecule has 0 saturated carbocycles. The first-order valence-electron chi connectivity index (χ1n) is 11.6. The summed E-state index contributed by atoms with van der Waals surface area (Å²) in [5.74, 6) is -2.38. The lowest BCUT2D eigenvalue weighted by atomic mass is 9.84. The highest BCUT2D eigenvalue weighted by atomic mass is 16.5. The molecular weight excluding hydrogens is 488 g/mol. The predicted molar refractivity (Wildman–Crippen MR) is 138 cm³/mol. The Labute approximate surface area is 217 Å². The van der Waals surface area contributed by atoms with E-state index in [4.69, 9.17) is 4.74 Å². The van der Waals surface area contributed by atoms with Gasteiger partial charge in [0.05, 0.1) is 17.0 Å². The molecule has 2 unspecified atom stereocenters. The van der Waals surface area contributed by atoms with E-state index < -0.39 is 23.6 Å². The summed E-state index contributed by atoms with van der Waals surface area (Å²) < 4.78 is 6.15. The van der Waals surface area contributed by atoms with Gasteiger partial charge in [0.2, 0.25) is 0 Å². The second-order valence-electron chi connectivity index (χ2n) is 8.87. The third-order valence-electron chi connectivity index (χ3n) is 6.35. The summed E-state index contributed by atoms with van der Waals surface area (Å²) in [6, 6.07) is 18.8. The van der Waals surface area contributed by atoms with Crippen molar-refractivity contribution in [3.8, 4) is 34.5 Å². The van der Waals surface area contributed by atoms with Crippen LogP contribution in [0, 0.1) is 0 Å². The standard InChI is InChI=1S/C30H22O8/c31-18-5-3-17(4-6-18)30-28(29(37)22-10-8-20(33)15-26(22)36)23-13-16(2-12-27(23)38-30)1-11-24(34)21-9-7-19(32)14-25(21)35/h1-15,28,30-33,35-36H. The van der Waals surface area contributed by atoms with Gasteiger partial charge in [-0.15, -0.1) is 0 Å². The molecule has 4 aromatic carbocycles. The number of phenolic OH excluding ortho intramolecular Hbond substituents is 5. The number of allylic oxidation sites excluding steroid dienone is 1. The molecule has 4 aromatic rings. The third-order valence-corrected chi connectivity index (χ3v) is 6.35. The van der Waals surface area contributed by atoms with Crippen LogP contribution in [0.4, 0.5) is 0 Å². The first-order chi connectivity index (χ1) is 18.2. The van der Waals surface area contributed by atoms with Crippen LogP contribution in [0.15, 0.2) is 84.9 Å². The quantitative estimate of drug-likeness (QED) is 0.176. The largest absolute Gasteiger partial charge is 0.508 e. The molecule has 2 atom stereocenters. The van der Waals surface area contributed by atoms with Crippen LogP contribution >= 0.6 is 0 Å². The summed E-state index contributed by atoms with van der Waals surface area (Å²) >= 11 is 0. The monoisotopic (exact) mass is 510 g/mol. The van der Waals surface area contributed by atoms with Gasteiger partial charge in [0.15, 0.2) is 11.6 Å². The normalized spacial score (nSPS) is 16.2. The molecule has 0 aliphatic carbocycles. The fourth-order valence-electron chi connectivity index (χ4n) is 4.48. The number of hydrogen-bond donors (Lipinski definition) is 5. The van der Waals surface area contributed by atoms with Gasteiger partial charge in [-0.25, -0.2) is 0 Å². The van der Waals surface area contributed by atoms with Gasteiger partial charge in [-0.1, -0.05) is 24.3 Å². The molecule has 0 aromatic heterocycles. The number of aromatic hydroxyl groups is 5. The summed E-state index contributed by atoms with van der Waals surface area (Å²) in [5.41, 5.74) is 1.77. The Morgan fingerprint density at radius 1 is 0.684 bits per heavy atom. The maximum Gasteiger partial charge on any atom is 0.189 e. The second kappa shape index (κ2) is 9.67. The smallest absolute Gasteiger partial charge is 0.189 e. The molecule has 190 valence electrons. The van der Waals surface area contributed by atoms with Crippen LogP contribution in [0.3, 0.4) is 0 Å². The molecule has 0 amide bonds. The Kier molecular flexibility index (Phi) is 6.22. The minimum atomic E-state index is -0.879. The second-order valence-corrected chi connectivity index (χ2v) is 8.87. The lowest BCUT2D eigenvalue weighted by molar-refractivity contribution is 0.0892. The van der Waals surface area contributed by atoms with Crippen molar-refractivity contribution in [2.75, 3.05) is 0 Å². The average Bonchev–Trinajstić information content (AvgIpc) is 3.26. The van der Waals surface area contributed by atoms with E-state index in [1.165, 1.54) is 48.6 Å². The van der Waals surface area contributed by atoms with Gasteiger partial charge < -0.3 is 30.3 Å². The highest BCUT2D eigenvalue weighted by Crippen LogP contribution is 2.49. The van der Waals surface area contributed by atoms with Crippen molar-refractivity contribution in [2.45, 2.75) is 12.0 Å². The number of carbonyl (C=O) groups excluding carboxylic acids is 2. The molecule has 1 aliphatic rings. The highest BCUT2D eigenvalue weighted by Gasteiger charge is 2.41. The molecule has 5 N–H and O–H groups in total. The van der Waals surface area contributed by atoms with E-state index in [2.05, 4.69) is 0 Å². The van der Waals surface area contributed by atoms with Crippen molar-refractivity contribution in [1.82, 2.24) is 0 Å². The molecule has 0 radical (unpaired) electrons. The maximum atomic E-state index is 13.7. The van der Waals surface area contributed by atoms with Gasteiger partial charge >= 0.3 is 0 Å². The number of benzene rings is 4. The molecule has 8 heteroatoms. The summed E-state index contributed by atoms with van der Waals surface area (Å²) in [5, 5.41) is 49.2. The number of rotatable bonds is 6. The van der Waals surface area contributed by atoms with Gasteiger partial charge in [0.1, 0.15) is 40.6 Å². The van der Waals surface area contributed by atoms with Crippen LogP contribution in [0.2, 0.25) is 0 Å². The minimum absolute atomic E-state index is 0.00644. The number of hydrogen-bond acceptors (Lipinski definition) is 8. The van der Waals surface area contributed by atoms with E-state index in [0.29, 0.717) is 22.4 Å². The van der Waals surface area contributed by atoms with Crippen LogP contribution in [0.5, 0.6) is 34.5 Å². The van der Waals surface area contributed by atoms with Crippen LogP contribution in [0.1, 0.15) is 49.4 Å². The summed E-state index contributed by atoms with van der Waals surface area (Å²) in [7, 11) is 0. The van der Waals surface area contributed by atoms with E-state index in [1.807, 2.05) is 0 Å². The first-order valence-corrected chi connectivity index (χ1v) is 11.6. The third kappa shape index (κ3) is 4.62. The lowest BCUT2D eigenvalue weighted by Crippen LogP contribution is -2.19. The SMILES string of the molecule is O=C(C=Cc1ccc2c(c1)C(C(=O)c1ccc(O)cc1O)C(c1ccc(O)cc1)O2)c1ccc(O)cc1O. The number of Topliss-reactive ketones (excluding diaryl/α,β-unsaturated/α-hetero) is 1. The molecule has 1 aliphatic heterocycles. The number of carbonyl (C=O) groups is 2.